The number of benzene rings is 3. The highest BCUT2D eigenvalue weighted by Gasteiger charge is 2.22. The van der Waals surface area contributed by atoms with E-state index in [9.17, 15) is 4.79 Å². The summed E-state index contributed by atoms with van der Waals surface area (Å²) >= 11 is 0. The first kappa shape index (κ1) is 32.6. The second-order valence-corrected chi connectivity index (χ2v) is 11.9. The average Bonchev–Trinajstić information content (AvgIpc) is 3.39. The fourth-order valence-electron chi connectivity index (χ4n) is 5.58. The molecule has 0 unspecified atom stereocenters. The molecule has 0 aliphatic rings. The molecule has 244 valence electrons. The molecule has 9 heteroatoms. The second-order valence-electron chi connectivity index (χ2n) is 11.9. The first-order valence-corrected chi connectivity index (χ1v) is 15.6. The predicted molar refractivity (Wildman–Crippen MR) is 181 cm³/mol. The van der Waals surface area contributed by atoms with E-state index >= 15 is 0 Å². The fourth-order valence-corrected chi connectivity index (χ4v) is 5.58. The molecule has 9 nitrogen and oxygen atoms in total. The Labute approximate surface area is 269 Å². The number of rotatable bonds is 13. The Kier molecular flexibility index (Phi) is 9.70. The van der Waals surface area contributed by atoms with E-state index in [2.05, 4.69) is 0 Å². The molecule has 0 saturated carbocycles. The number of methoxy groups -OCH3 is 3. The zero-order valence-corrected chi connectivity index (χ0v) is 28.1. The maximum absolute atomic E-state index is 13.8. The molecule has 0 N–H and O–H groups in total. The molecule has 0 spiro atoms. The SMILES string of the molecule is COc1cc(-c2cn(CCc3ccc(OC)c(OC(C)C)c3)c3c(=O)oc4cc(OC(C)C)c(OC)cc4c23)ccc1OC(C)C. The van der Waals surface area contributed by atoms with Crippen molar-refractivity contribution < 1.29 is 32.8 Å². The van der Waals surface area contributed by atoms with Gasteiger partial charge in [-0.1, -0.05) is 12.1 Å². The van der Waals surface area contributed by atoms with Crippen molar-refractivity contribution in [3.05, 3.63) is 70.7 Å². The third-order valence-corrected chi connectivity index (χ3v) is 7.44. The zero-order valence-electron chi connectivity index (χ0n) is 28.1. The molecule has 46 heavy (non-hydrogen) atoms. The lowest BCUT2D eigenvalue weighted by Gasteiger charge is -2.15. The summed E-state index contributed by atoms with van der Waals surface area (Å²) in [5.41, 5.74) is 3.17. The summed E-state index contributed by atoms with van der Waals surface area (Å²) in [6, 6.07) is 15.3. The van der Waals surface area contributed by atoms with E-state index < -0.39 is 5.63 Å². The van der Waals surface area contributed by atoms with Gasteiger partial charge in [0, 0.05) is 35.1 Å². The van der Waals surface area contributed by atoms with E-state index in [1.807, 2.05) is 94.8 Å². The van der Waals surface area contributed by atoms with Crippen molar-refractivity contribution in [2.75, 3.05) is 21.3 Å². The summed E-state index contributed by atoms with van der Waals surface area (Å²) in [7, 11) is 4.84. The molecule has 0 amide bonds. The second kappa shape index (κ2) is 13.7. The number of fused-ring (bicyclic) bond motifs is 3. The van der Waals surface area contributed by atoms with Gasteiger partial charge in [-0.15, -0.1) is 0 Å². The highest BCUT2D eigenvalue weighted by Crippen LogP contribution is 2.42. The average molecular weight is 630 g/mol. The third kappa shape index (κ3) is 6.73. The molecule has 0 atom stereocenters. The van der Waals surface area contributed by atoms with Crippen LogP contribution in [0.2, 0.25) is 0 Å². The lowest BCUT2D eigenvalue weighted by Crippen LogP contribution is -2.10. The summed E-state index contributed by atoms with van der Waals surface area (Å²) in [4.78, 5) is 13.8. The molecule has 0 aliphatic heterocycles. The number of hydrogen-bond acceptors (Lipinski definition) is 8. The molecule has 2 heterocycles. The third-order valence-electron chi connectivity index (χ3n) is 7.44. The minimum absolute atomic E-state index is 0.00391. The van der Waals surface area contributed by atoms with Gasteiger partial charge in [0.2, 0.25) is 0 Å². The van der Waals surface area contributed by atoms with Crippen LogP contribution in [0.4, 0.5) is 0 Å². The van der Waals surface area contributed by atoms with Crippen LogP contribution in [0, 0.1) is 0 Å². The summed E-state index contributed by atoms with van der Waals surface area (Å²) in [5, 5.41) is 1.48. The molecule has 5 aromatic rings. The molecule has 5 rings (SSSR count). The van der Waals surface area contributed by atoms with E-state index in [4.69, 9.17) is 32.8 Å². The topological polar surface area (TPSA) is 90.5 Å². The quantitative estimate of drug-likeness (QED) is 0.121. The van der Waals surface area contributed by atoms with Crippen molar-refractivity contribution in [1.82, 2.24) is 4.57 Å². The van der Waals surface area contributed by atoms with Gasteiger partial charge in [-0.2, -0.15) is 0 Å². The smallest absolute Gasteiger partial charge is 0.361 e. The van der Waals surface area contributed by atoms with E-state index in [0.717, 1.165) is 27.5 Å². The van der Waals surface area contributed by atoms with E-state index in [1.165, 1.54) is 0 Å². The highest BCUT2D eigenvalue weighted by molar-refractivity contribution is 6.12. The minimum Gasteiger partial charge on any atom is -0.493 e. The monoisotopic (exact) mass is 629 g/mol. The van der Waals surface area contributed by atoms with Crippen LogP contribution < -0.4 is 34.0 Å². The molecular formula is C37H43NO8. The Bertz CT molecular complexity index is 1900. The molecule has 0 aliphatic carbocycles. The molecular weight excluding hydrogens is 586 g/mol. The summed E-state index contributed by atoms with van der Waals surface area (Å²) < 4.78 is 42.8. The Hall–Kier alpha value is -4.79. The van der Waals surface area contributed by atoms with Crippen LogP contribution in [0.15, 0.2) is 63.9 Å². The number of nitrogens with zero attached hydrogens (tertiary/aromatic N) is 1. The molecule has 0 fully saturated rings. The van der Waals surface area contributed by atoms with E-state index in [1.54, 1.807) is 27.4 Å². The van der Waals surface area contributed by atoms with Crippen LogP contribution in [-0.2, 0) is 13.0 Å². The zero-order chi connectivity index (χ0) is 33.1. The van der Waals surface area contributed by atoms with Gasteiger partial charge in [0.15, 0.2) is 34.5 Å². The van der Waals surface area contributed by atoms with Gasteiger partial charge < -0.3 is 37.4 Å². The number of aromatic nitrogens is 1. The number of hydrogen-bond donors (Lipinski definition) is 0. The minimum atomic E-state index is -0.445. The van der Waals surface area contributed by atoms with E-state index in [0.29, 0.717) is 58.6 Å². The largest absolute Gasteiger partial charge is 0.493 e. The Morgan fingerprint density at radius 3 is 1.89 bits per heavy atom. The predicted octanol–water partition coefficient (Wildman–Crippen LogP) is 8.04. The van der Waals surface area contributed by atoms with Gasteiger partial charge in [-0.25, -0.2) is 4.79 Å². The summed E-state index contributed by atoms with van der Waals surface area (Å²) in [5.74, 6) is 3.65. The van der Waals surface area contributed by atoms with Gasteiger partial charge in [-0.05, 0) is 89.4 Å². The van der Waals surface area contributed by atoms with Gasteiger partial charge >= 0.3 is 5.63 Å². The van der Waals surface area contributed by atoms with Crippen LogP contribution in [0.3, 0.4) is 0 Å². The van der Waals surface area contributed by atoms with Crippen LogP contribution in [0.1, 0.15) is 47.1 Å². The van der Waals surface area contributed by atoms with Gasteiger partial charge in [0.25, 0.3) is 0 Å². The van der Waals surface area contributed by atoms with Gasteiger partial charge in [0.05, 0.1) is 39.6 Å². The van der Waals surface area contributed by atoms with Crippen molar-refractivity contribution in [3.63, 3.8) is 0 Å². The number of ether oxygens (including phenoxy) is 6. The van der Waals surface area contributed by atoms with Crippen molar-refractivity contribution in [3.8, 4) is 45.6 Å². The van der Waals surface area contributed by atoms with E-state index in [-0.39, 0.29) is 18.3 Å². The van der Waals surface area contributed by atoms with Crippen molar-refractivity contribution in [1.29, 1.82) is 0 Å². The van der Waals surface area contributed by atoms with Crippen molar-refractivity contribution in [2.24, 2.45) is 0 Å². The lowest BCUT2D eigenvalue weighted by atomic mass is 10.0. The Morgan fingerprint density at radius 2 is 1.26 bits per heavy atom. The maximum atomic E-state index is 13.8. The maximum Gasteiger partial charge on any atom is 0.361 e. The molecule has 0 radical (unpaired) electrons. The van der Waals surface area contributed by atoms with Crippen LogP contribution in [0.5, 0.6) is 34.5 Å². The Morgan fingerprint density at radius 1 is 0.674 bits per heavy atom. The summed E-state index contributed by atoms with van der Waals surface area (Å²) in [6.07, 6.45) is 2.51. The normalized spacial score (nSPS) is 11.6. The highest BCUT2D eigenvalue weighted by atomic mass is 16.5. The molecule has 0 saturated heterocycles. The Balaban J connectivity index is 1.70. The first-order chi connectivity index (χ1) is 22.0. The molecule has 0 bridgehead atoms. The van der Waals surface area contributed by atoms with Gasteiger partial charge in [0.1, 0.15) is 11.1 Å². The van der Waals surface area contributed by atoms with Crippen LogP contribution in [0.25, 0.3) is 33.0 Å². The molecule has 3 aromatic carbocycles. The van der Waals surface area contributed by atoms with Crippen molar-refractivity contribution >= 4 is 21.9 Å². The standard InChI is InChI=1S/C37H43NO8/c1-21(2)43-29-13-11-25(17-31(29)41-8)27-20-38(15-14-24-10-12-28(40-7)33(16-24)44-22(3)4)36-35(27)26-18-32(42-9)34(45-23(5)6)19-30(26)46-37(36)39/h10-13,16-23H,14-15H2,1-9H3. The molecule has 2 aromatic heterocycles. The van der Waals surface area contributed by atoms with Crippen molar-refractivity contribution in [2.45, 2.75) is 72.8 Å². The van der Waals surface area contributed by atoms with Crippen LogP contribution >= 0.6 is 0 Å². The lowest BCUT2D eigenvalue weighted by molar-refractivity contribution is 0.229. The fraction of sp³-hybridized carbons (Fsp3) is 0.378. The van der Waals surface area contributed by atoms with Crippen LogP contribution in [-0.4, -0.2) is 44.2 Å². The van der Waals surface area contributed by atoms with Gasteiger partial charge in [-0.3, -0.25) is 0 Å². The number of aryl methyl sites for hydroxylation is 2. The first-order valence-electron chi connectivity index (χ1n) is 15.6. The summed E-state index contributed by atoms with van der Waals surface area (Å²) in [6.45, 7) is 12.3.